The van der Waals surface area contributed by atoms with Crippen LogP contribution in [0.25, 0.3) is 0 Å². The molecular formula is C23H29N3O3S2. The van der Waals surface area contributed by atoms with Gasteiger partial charge in [0.2, 0.25) is 15.9 Å². The van der Waals surface area contributed by atoms with Crippen LogP contribution in [0, 0.1) is 0 Å². The Morgan fingerprint density at radius 3 is 2.39 bits per heavy atom. The molecule has 1 aromatic carbocycles. The number of sulfonamides is 1. The molecular weight excluding hydrogens is 430 g/mol. The highest BCUT2D eigenvalue weighted by Gasteiger charge is 2.31. The van der Waals surface area contributed by atoms with Crippen LogP contribution in [0.15, 0.2) is 58.6 Å². The summed E-state index contributed by atoms with van der Waals surface area (Å²) in [6, 6.07) is 13.2. The third kappa shape index (κ3) is 5.48. The molecule has 0 aliphatic heterocycles. The van der Waals surface area contributed by atoms with Gasteiger partial charge in [-0.2, -0.15) is 4.31 Å². The van der Waals surface area contributed by atoms with Crippen molar-refractivity contribution in [2.45, 2.75) is 72.2 Å². The number of pyridine rings is 1. The van der Waals surface area contributed by atoms with Crippen molar-refractivity contribution in [2.24, 2.45) is 0 Å². The Morgan fingerprint density at radius 2 is 1.77 bits per heavy atom. The number of aromatic nitrogens is 1. The van der Waals surface area contributed by atoms with Crippen LogP contribution in [-0.2, 0) is 14.8 Å². The average Bonchev–Trinajstić information content (AvgIpc) is 3.62. The topological polar surface area (TPSA) is 79.4 Å². The average molecular weight is 460 g/mol. The molecule has 31 heavy (non-hydrogen) atoms. The fourth-order valence-corrected chi connectivity index (χ4v) is 6.25. The molecule has 166 valence electrons. The predicted octanol–water partition coefficient (Wildman–Crippen LogP) is 4.15. The van der Waals surface area contributed by atoms with E-state index in [2.05, 4.69) is 10.3 Å². The Labute approximate surface area is 188 Å². The van der Waals surface area contributed by atoms with Crippen LogP contribution in [-0.4, -0.2) is 42.7 Å². The maximum Gasteiger partial charge on any atom is 0.244 e. The molecule has 0 radical (unpaired) electrons. The summed E-state index contributed by atoms with van der Waals surface area (Å²) in [4.78, 5) is 17.4. The van der Waals surface area contributed by atoms with E-state index in [1.807, 2.05) is 30.3 Å². The van der Waals surface area contributed by atoms with Crippen molar-refractivity contribution < 1.29 is 13.2 Å². The van der Waals surface area contributed by atoms with Gasteiger partial charge in [0.1, 0.15) is 10.1 Å². The summed E-state index contributed by atoms with van der Waals surface area (Å²) < 4.78 is 27.6. The van der Waals surface area contributed by atoms with Gasteiger partial charge in [0.05, 0.1) is 5.03 Å². The molecule has 2 aliphatic carbocycles. The van der Waals surface area contributed by atoms with Gasteiger partial charge in [-0.25, -0.2) is 13.4 Å². The first-order valence-electron chi connectivity index (χ1n) is 10.9. The number of carbonyl (C=O) groups is 1. The molecule has 1 unspecified atom stereocenters. The highest BCUT2D eigenvalue weighted by molar-refractivity contribution is 8.00. The van der Waals surface area contributed by atoms with Crippen LogP contribution < -0.4 is 5.32 Å². The quantitative estimate of drug-likeness (QED) is 0.600. The van der Waals surface area contributed by atoms with Gasteiger partial charge in [0.15, 0.2) is 0 Å². The fraction of sp³-hybridized carbons (Fsp3) is 0.478. The van der Waals surface area contributed by atoms with Gasteiger partial charge < -0.3 is 5.32 Å². The van der Waals surface area contributed by atoms with Crippen molar-refractivity contribution in [3.63, 3.8) is 0 Å². The molecule has 1 N–H and O–H groups in total. The van der Waals surface area contributed by atoms with Gasteiger partial charge in [0, 0.05) is 25.3 Å². The number of benzene rings is 1. The van der Waals surface area contributed by atoms with E-state index in [1.54, 1.807) is 19.2 Å². The SMILES string of the molecule is CN(C1CCCCC1)S(=O)(=O)c1ccc(SC(C(=O)NC2CC2)c2ccccc2)nc1. The van der Waals surface area contributed by atoms with Crippen LogP contribution >= 0.6 is 11.8 Å². The van der Waals surface area contributed by atoms with Crippen molar-refractivity contribution in [3.05, 3.63) is 54.2 Å². The Bertz CT molecular complexity index is 986. The van der Waals surface area contributed by atoms with Crippen LogP contribution in [0.5, 0.6) is 0 Å². The molecule has 0 bridgehead atoms. The van der Waals surface area contributed by atoms with Crippen LogP contribution in [0.1, 0.15) is 55.8 Å². The molecule has 0 spiro atoms. The molecule has 2 saturated carbocycles. The molecule has 6 nitrogen and oxygen atoms in total. The van der Waals surface area contributed by atoms with Crippen molar-refractivity contribution in [2.75, 3.05) is 7.05 Å². The molecule has 1 amide bonds. The van der Waals surface area contributed by atoms with E-state index < -0.39 is 15.3 Å². The largest absolute Gasteiger partial charge is 0.352 e. The molecule has 1 aromatic heterocycles. The summed E-state index contributed by atoms with van der Waals surface area (Å²) in [5.74, 6) is -0.0331. The fourth-order valence-electron chi connectivity index (χ4n) is 3.92. The normalized spacial score (nSPS) is 18.6. The minimum absolute atomic E-state index is 0.0331. The smallest absolute Gasteiger partial charge is 0.244 e. The van der Waals surface area contributed by atoms with Crippen molar-refractivity contribution in [1.29, 1.82) is 0 Å². The van der Waals surface area contributed by atoms with E-state index >= 15 is 0 Å². The number of carbonyl (C=O) groups excluding carboxylic acids is 1. The molecule has 0 saturated heterocycles. The zero-order valence-electron chi connectivity index (χ0n) is 17.7. The first-order valence-corrected chi connectivity index (χ1v) is 13.2. The number of rotatable bonds is 8. The maximum atomic E-state index is 13.0. The second-order valence-electron chi connectivity index (χ2n) is 8.34. The van der Waals surface area contributed by atoms with Gasteiger partial charge in [-0.15, -0.1) is 0 Å². The lowest BCUT2D eigenvalue weighted by molar-refractivity contribution is -0.120. The van der Waals surface area contributed by atoms with Crippen molar-refractivity contribution in [3.8, 4) is 0 Å². The second kappa shape index (κ2) is 9.71. The summed E-state index contributed by atoms with van der Waals surface area (Å²) >= 11 is 1.34. The summed E-state index contributed by atoms with van der Waals surface area (Å²) in [5, 5.41) is 3.26. The van der Waals surface area contributed by atoms with E-state index in [0.717, 1.165) is 44.1 Å². The minimum Gasteiger partial charge on any atom is -0.352 e. The van der Waals surface area contributed by atoms with Gasteiger partial charge in [-0.3, -0.25) is 4.79 Å². The molecule has 2 aromatic rings. The zero-order chi connectivity index (χ0) is 21.8. The Kier molecular flexibility index (Phi) is 6.99. The summed E-state index contributed by atoms with van der Waals surface area (Å²) in [5.41, 5.74) is 0.904. The summed E-state index contributed by atoms with van der Waals surface area (Å²) in [7, 11) is -1.91. The second-order valence-corrected chi connectivity index (χ2v) is 11.5. The number of hydrogen-bond donors (Lipinski definition) is 1. The first kappa shape index (κ1) is 22.3. The van der Waals surface area contributed by atoms with E-state index in [-0.39, 0.29) is 22.9 Å². The molecule has 4 rings (SSSR count). The third-order valence-corrected chi connectivity index (χ3v) is 9.08. The van der Waals surface area contributed by atoms with Gasteiger partial charge >= 0.3 is 0 Å². The summed E-state index contributed by atoms with van der Waals surface area (Å²) in [6.45, 7) is 0. The summed E-state index contributed by atoms with van der Waals surface area (Å²) in [6.07, 6.45) is 8.60. The predicted molar refractivity (Wildman–Crippen MR) is 122 cm³/mol. The third-order valence-electron chi connectivity index (χ3n) is 5.98. The number of amides is 1. The van der Waals surface area contributed by atoms with Crippen LogP contribution in [0.4, 0.5) is 0 Å². The molecule has 1 heterocycles. The zero-order valence-corrected chi connectivity index (χ0v) is 19.4. The van der Waals surface area contributed by atoms with Crippen molar-refractivity contribution >= 4 is 27.7 Å². The van der Waals surface area contributed by atoms with Gasteiger partial charge in [0.25, 0.3) is 0 Å². The monoisotopic (exact) mass is 459 g/mol. The highest BCUT2D eigenvalue weighted by atomic mass is 32.2. The Hall–Kier alpha value is -1.90. The van der Waals surface area contributed by atoms with E-state index in [1.165, 1.54) is 28.7 Å². The first-order chi connectivity index (χ1) is 14.9. The lowest BCUT2D eigenvalue weighted by Crippen LogP contribution is -2.38. The number of nitrogens with zero attached hydrogens (tertiary/aromatic N) is 2. The minimum atomic E-state index is -3.58. The van der Waals surface area contributed by atoms with E-state index in [9.17, 15) is 13.2 Å². The van der Waals surface area contributed by atoms with Gasteiger partial charge in [-0.05, 0) is 43.4 Å². The Morgan fingerprint density at radius 1 is 1.06 bits per heavy atom. The standard InChI is InChI=1S/C23H29N3O3S2/c1-26(19-10-6-3-7-11-19)31(28,29)20-14-15-21(24-16-20)30-22(17-8-4-2-5-9-17)23(27)25-18-12-13-18/h2,4-5,8-9,14-16,18-19,22H,3,6-7,10-13H2,1H3,(H,25,27). The van der Waals surface area contributed by atoms with Crippen LogP contribution in [0.2, 0.25) is 0 Å². The number of hydrogen-bond acceptors (Lipinski definition) is 5. The van der Waals surface area contributed by atoms with E-state index in [4.69, 9.17) is 0 Å². The maximum absolute atomic E-state index is 13.0. The highest BCUT2D eigenvalue weighted by Crippen LogP contribution is 2.36. The molecule has 8 heteroatoms. The Balaban J connectivity index is 1.50. The van der Waals surface area contributed by atoms with Crippen molar-refractivity contribution in [1.82, 2.24) is 14.6 Å². The lowest BCUT2D eigenvalue weighted by Gasteiger charge is -2.30. The van der Waals surface area contributed by atoms with E-state index in [0.29, 0.717) is 5.03 Å². The molecule has 1 atom stereocenters. The lowest BCUT2D eigenvalue weighted by atomic mass is 9.96. The number of nitrogens with one attached hydrogen (secondary N) is 1. The molecule has 2 fully saturated rings. The van der Waals surface area contributed by atoms with Crippen LogP contribution in [0.3, 0.4) is 0 Å². The molecule has 2 aliphatic rings. The van der Waals surface area contributed by atoms with Gasteiger partial charge in [-0.1, -0.05) is 61.4 Å². The number of thioether (sulfide) groups is 1.